The summed E-state index contributed by atoms with van der Waals surface area (Å²) in [4.78, 5) is 18.7. The van der Waals surface area contributed by atoms with Crippen molar-refractivity contribution in [3.63, 3.8) is 0 Å². The first-order chi connectivity index (χ1) is 9.10. The number of carbonyl (C=O) groups excluding carboxylic acids is 1. The van der Waals surface area contributed by atoms with E-state index in [2.05, 4.69) is 25.8 Å². The van der Waals surface area contributed by atoms with Gasteiger partial charge in [0.1, 0.15) is 0 Å². The van der Waals surface area contributed by atoms with E-state index < -0.39 is 11.9 Å². The van der Waals surface area contributed by atoms with E-state index in [4.69, 9.17) is 11.0 Å². The number of halogens is 1. The van der Waals surface area contributed by atoms with Crippen molar-refractivity contribution in [1.82, 2.24) is 4.98 Å². The Balaban J connectivity index is 2.11. The third-order valence-electron chi connectivity index (χ3n) is 3.68. The van der Waals surface area contributed by atoms with E-state index in [9.17, 15) is 4.79 Å². The topological polar surface area (TPSA) is 88.3 Å². The second-order valence-corrected chi connectivity index (χ2v) is 5.78. The Kier molecular flexibility index (Phi) is 3.08. The van der Waals surface area contributed by atoms with Crippen LogP contribution in [-0.2, 0) is 16.1 Å². The van der Waals surface area contributed by atoms with Crippen LogP contribution in [0.15, 0.2) is 22.7 Å². The van der Waals surface area contributed by atoms with Crippen LogP contribution in [0.3, 0.4) is 0 Å². The smallest absolute Gasteiger partial charge is 0.345 e. The van der Waals surface area contributed by atoms with E-state index in [0.717, 1.165) is 26.6 Å². The van der Waals surface area contributed by atoms with Gasteiger partial charge in [-0.3, -0.25) is 0 Å². The zero-order chi connectivity index (χ0) is 13.6. The van der Waals surface area contributed by atoms with Crippen LogP contribution in [0.5, 0.6) is 0 Å². The van der Waals surface area contributed by atoms with Crippen molar-refractivity contribution >= 4 is 32.8 Å². The first-order valence-electron chi connectivity index (χ1n) is 6.01. The molecule has 2 atom stereocenters. The van der Waals surface area contributed by atoms with Crippen molar-refractivity contribution in [3.05, 3.63) is 33.9 Å². The zero-order valence-electron chi connectivity index (χ0n) is 10.0. The highest BCUT2D eigenvalue weighted by atomic mass is 79.9. The molecule has 19 heavy (non-hydrogen) atoms. The highest BCUT2D eigenvalue weighted by molar-refractivity contribution is 9.10. The first kappa shape index (κ1) is 12.7. The number of carbonyl (C=O) groups is 1. The molecule has 100 valence electrons. The van der Waals surface area contributed by atoms with Gasteiger partial charge in [-0.15, -0.1) is 0 Å². The fourth-order valence-electron chi connectivity index (χ4n) is 2.79. The molecule has 6 heteroatoms. The van der Waals surface area contributed by atoms with Gasteiger partial charge in [0.25, 0.3) is 0 Å². The molecule has 1 aliphatic carbocycles. The number of fused-ring (bicyclic) bond motifs is 3. The normalized spacial score (nSPS) is 22.3. The van der Waals surface area contributed by atoms with Crippen LogP contribution < -0.4 is 5.73 Å². The van der Waals surface area contributed by atoms with Crippen LogP contribution in [-0.4, -0.2) is 16.2 Å². The van der Waals surface area contributed by atoms with E-state index >= 15 is 0 Å². The molecule has 1 heterocycles. The van der Waals surface area contributed by atoms with Crippen LogP contribution in [0.25, 0.3) is 10.9 Å². The lowest BCUT2D eigenvalue weighted by Crippen LogP contribution is -2.29. The number of nitrogens with two attached hydrogens (primary N) is 1. The molecule has 2 aromatic rings. The van der Waals surface area contributed by atoms with Crippen LogP contribution >= 0.6 is 15.9 Å². The van der Waals surface area contributed by atoms with Gasteiger partial charge in [0, 0.05) is 27.1 Å². The molecule has 1 aromatic carbocycles. The fourth-order valence-corrected chi connectivity index (χ4v) is 3.15. The third-order valence-corrected chi connectivity index (χ3v) is 4.18. The van der Waals surface area contributed by atoms with Crippen molar-refractivity contribution in [2.75, 3.05) is 0 Å². The Bertz CT molecular complexity index is 653. The molecule has 4 N–H and O–H groups in total. The van der Waals surface area contributed by atoms with E-state index in [1.807, 2.05) is 18.2 Å². The summed E-state index contributed by atoms with van der Waals surface area (Å²) in [6.07, 6.45) is 0.999. The van der Waals surface area contributed by atoms with E-state index in [-0.39, 0.29) is 6.04 Å². The first-order valence-corrected chi connectivity index (χ1v) is 6.80. The summed E-state index contributed by atoms with van der Waals surface area (Å²) in [5.41, 5.74) is 9.10. The molecule has 0 radical (unpaired) electrons. The van der Waals surface area contributed by atoms with Gasteiger partial charge in [-0.1, -0.05) is 15.9 Å². The van der Waals surface area contributed by atoms with Gasteiger partial charge in [0.05, 0.1) is 5.92 Å². The number of hydrogen-bond donors (Lipinski definition) is 3. The molecule has 1 aromatic heterocycles. The van der Waals surface area contributed by atoms with Crippen molar-refractivity contribution in [2.45, 2.75) is 18.9 Å². The molecule has 3 rings (SSSR count). The van der Waals surface area contributed by atoms with Gasteiger partial charge in [-0.05, 0) is 36.6 Å². The molecular weight excluding hydrogens is 312 g/mol. The molecular formula is C13H13BrN2O3. The van der Waals surface area contributed by atoms with Gasteiger partial charge >= 0.3 is 5.97 Å². The summed E-state index contributed by atoms with van der Waals surface area (Å²) in [6, 6.07) is 5.68. The number of nitrogens with one attached hydrogen (secondary N) is 1. The minimum atomic E-state index is -0.620. The summed E-state index contributed by atoms with van der Waals surface area (Å²) >= 11 is 3.44. The summed E-state index contributed by atoms with van der Waals surface area (Å²) in [5.74, 6) is -1.02. The predicted molar refractivity (Wildman–Crippen MR) is 73.5 cm³/mol. The van der Waals surface area contributed by atoms with Gasteiger partial charge in [0.15, 0.2) is 0 Å². The average Bonchev–Trinajstić information content (AvgIpc) is 2.76. The highest BCUT2D eigenvalue weighted by Gasteiger charge is 2.33. The quantitative estimate of drug-likeness (QED) is 0.555. The van der Waals surface area contributed by atoms with Crippen molar-refractivity contribution in [3.8, 4) is 0 Å². The molecule has 0 aliphatic heterocycles. The molecule has 0 saturated heterocycles. The molecule has 0 saturated carbocycles. The monoisotopic (exact) mass is 324 g/mol. The van der Waals surface area contributed by atoms with Crippen molar-refractivity contribution in [1.29, 1.82) is 0 Å². The largest absolute Gasteiger partial charge is 0.357 e. The minimum absolute atomic E-state index is 0.251. The highest BCUT2D eigenvalue weighted by Crippen LogP contribution is 2.37. The Morgan fingerprint density at radius 3 is 3.05 bits per heavy atom. The number of aromatic nitrogens is 1. The zero-order valence-corrected chi connectivity index (χ0v) is 11.6. The summed E-state index contributed by atoms with van der Waals surface area (Å²) in [7, 11) is 0. The Hall–Kier alpha value is -1.37. The maximum Gasteiger partial charge on any atom is 0.345 e. The minimum Gasteiger partial charge on any atom is -0.357 e. The SMILES string of the molecule is NC1CC(C(=O)OO)Cc2c1[nH]c1ccc(Br)cc21. The Labute approximate surface area is 117 Å². The fraction of sp³-hybridized carbons (Fsp3) is 0.308. The number of aromatic amines is 1. The van der Waals surface area contributed by atoms with Gasteiger partial charge in [0.2, 0.25) is 0 Å². The summed E-state index contributed by atoms with van der Waals surface area (Å²) in [6.45, 7) is 0. The van der Waals surface area contributed by atoms with Crippen molar-refractivity contribution in [2.24, 2.45) is 11.7 Å². The number of rotatable bonds is 1. The second-order valence-electron chi connectivity index (χ2n) is 4.86. The predicted octanol–water partition coefficient (Wildman–Crippen LogP) is 2.51. The van der Waals surface area contributed by atoms with Gasteiger partial charge in [-0.2, -0.15) is 5.26 Å². The molecule has 5 nitrogen and oxygen atoms in total. The molecule has 0 bridgehead atoms. The van der Waals surface area contributed by atoms with E-state index in [1.165, 1.54) is 0 Å². The van der Waals surface area contributed by atoms with E-state index in [1.54, 1.807) is 0 Å². The van der Waals surface area contributed by atoms with Crippen LogP contribution in [0.2, 0.25) is 0 Å². The van der Waals surface area contributed by atoms with Crippen LogP contribution in [0, 0.1) is 5.92 Å². The summed E-state index contributed by atoms with van der Waals surface area (Å²) < 4.78 is 0.974. The Morgan fingerprint density at radius 1 is 1.53 bits per heavy atom. The lowest BCUT2D eigenvalue weighted by Gasteiger charge is -2.24. The summed E-state index contributed by atoms with van der Waals surface area (Å²) in [5, 5.41) is 9.57. The average molecular weight is 325 g/mol. The third kappa shape index (κ3) is 2.05. The standard InChI is InChI=1S/C13H13BrN2O3/c14-7-1-2-11-8(5-7)9-3-6(13(17)19-18)4-10(15)12(9)16-11/h1-2,5-6,10,16,18H,3-4,15H2. The molecule has 2 unspecified atom stereocenters. The second kappa shape index (κ2) is 4.63. The molecule has 0 amide bonds. The van der Waals surface area contributed by atoms with Crippen molar-refractivity contribution < 1.29 is 14.9 Å². The molecule has 0 spiro atoms. The Morgan fingerprint density at radius 2 is 2.32 bits per heavy atom. The number of hydrogen-bond acceptors (Lipinski definition) is 4. The van der Waals surface area contributed by atoms with Crippen LogP contribution in [0.1, 0.15) is 23.7 Å². The lowest BCUT2D eigenvalue weighted by atomic mass is 9.84. The molecule has 1 aliphatic rings. The number of H-pyrrole nitrogens is 1. The number of benzene rings is 1. The van der Waals surface area contributed by atoms with Gasteiger partial charge < -0.3 is 15.6 Å². The maximum absolute atomic E-state index is 11.5. The van der Waals surface area contributed by atoms with E-state index in [0.29, 0.717) is 12.8 Å². The van der Waals surface area contributed by atoms with Gasteiger partial charge in [-0.25, -0.2) is 4.79 Å². The molecule has 0 fully saturated rings. The van der Waals surface area contributed by atoms with Crippen LogP contribution in [0.4, 0.5) is 0 Å². The maximum atomic E-state index is 11.5. The lowest BCUT2D eigenvalue weighted by molar-refractivity contribution is -0.239.